The minimum Gasteiger partial charge on any atom is -0.353 e. The molecule has 0 amide bonds. The Morgan fingerprint density at radius 2 is 2.14 bits per heavy atom. The van der Waals surface area contributed by atoms with Gasteiger partial charge in [0, 0.05) is 12.1 Å². The second kappa shape index (κ2) is 5.03. The fourth-order valence-corrected chi connectivity index (χ4v) is 3.90. The summed E-state index contributed by atoms with van der Waals surface area (Å²) in [5, 5.41) is 2.96. The molecule has 1 heterocycles. The van der Waals surface area contributed by atoms with Crippen LogP contribution in [0.1, 0.15) is 38.3 Å². The third-order valence-electron chi connectivity index (χ3n) is 4.83. The molecule has 0 radical (unpaired) electrons. The highest BCUT2D eigenvalue weighted by molar-refractivity contribution is 5.28. The van der Waals surface area contributed by atoms with Crippen LogP contribution >= 0.6 is 0 Å². The number of rotatable bonds is 3. The fourth-order valence-electron chi connectivity index (χ4n) is 3.90. The van der Waals surface area contributed by atoms with Crippen LogP contribution in [0.25, 0.3) is 0 Å². The van der Waals surface area contributed by atoms with Crippen LogP contribution < -0.4 is 10.9 Å². The number of nitrogens with one attached hydrogen (secondary N) is 2. The van der Waals surface area contributed by atoms with Crippen molar-refractivity contribution in [2.75, 3.05) is 5.32 Å². The van der Waals surface area contributed by atoms with E-state index in [0.29, 0.717) is 17.9 Å². The average molecular weight is 301 g/mol. The van der Waals surface area contributed by atoms with Crippen molar-refractivity contribution in [1.29, 1.82) is 0 Å². The zero-order valence-corrected chi connectivity index (χ0v) is 11.7. The van der Waals surface area contributed by atoms with Crippen molar-refractivity contribution in [2.24, 2.45) is 17.8 Å². The molecule has 2 aliphatic carbocycles. The van der Waals surface area contributed by atoms with E-state index >= 15 is 0 Å². The molecule has 4 atom stereocenters. The summed E-state index contributed by atoms with van der Waals surface area (Å²) < 4.78 is 38.0. The average Bonchev–Trinajstić information content (AvgIpc) is 2.99. The summed E-state index contributed by atoms with van der Waals surface area (Å²) in [6, 6.07) is 0.486. The molecule has 0 aliphatic heterocycles. The first-order valence-electron chi connectivity index (χ1n) is 7.28. The molecule has 116 valence electrons. The molecule has 4 nitrogen and oxygen atoms in total. The van der Waals surface area contributed by atoms with Gasteiger partial charge < -0.3 is 5.32 Å². The standard InChI is InChI=1S/C14H18F3N3O/c1-7(10-5-8-2-3-9(10)4-8)18-13-19-11(14(15,16)17)6-12(21)20-13/h6-10H,2-5H2,1H3,(H2,18,19,20,21). The number of nitrogens with zero attached hydrogens (tertiary/aromatic N) is 1. The molecule has 0 aromatic carbocycles. The summed E-state index contributed by atoms with van der Waals surface area (Å²) >= 11 is 0. The molecule has 0 spiro atoms. The molecule has 1 aromatic heterocycles. The minimum absolute atomic E-state index is 0.00642. The quantitative estimate of drug-likeness (QED) is 0.902. The highest BCUT2D eigenvalue weighted by atomic mass is 19.4. The molecule has 2 aliphatic rings. The van der Waals surface area contributed by atoms with Crippen LogP contribution in [0.2, 0.25) is 0 Å². The number of alkyl halides is 3. The maximum Gasteiger partial charge on any atom is 0.433 e. The Balaban J connectivity index is 1.75. The van der Waals surface area contributed by atoms with Crippen molar-refractivity contribution < 1.29 is 13.2 Å². The smallest absolute Gasteiger partial charge is 0.353 e. The number of aromatic nitrogens is 2. The van der Waals surface area contributed by atoms with Gasteiger partial charge in [-0.25, -0.2) is 4.98 Å². The monoisotopic (exact) mass is 301 g/mol. The lowest BCUT2D eigenvalue weighted by Crippen LogP contribution is -2.32. The van der Waals surface area contributed by atoms with Gasteiger partial charge in [-0.05, 0) is 43.9 Å². The molecule has 3 rings (SSSR count). The molecule has 2 bridgehead atoms. The fraction of sp³-hybridized carbons (Fsp3) is 0.714. The van der Waals surface area contributed by atoms with E-state index < -0.39 is 17.4 Å². The summed E-state index contributed by atoms with van der Waals surface area (Å²) in [6.45, 7) is 1.95. The largest absolute Gasteiger partial charge is 0.433 e. The van der Waals surface area contributed by atoms with Crippen LogP contribution in [-0.4, -0.2) is 16.0 Å². The van der Waals surface area contributed by atoms with Crippen LogP contribution in [0, 0.1) is 17.8 Å². The summed E-state index contributed by atoms with van der Waals surface area (Å²) in [4.78, 5) is 17.2. The van der Waals surface area contributed by atoms with E-state index in [-0.39, 0.29) is 12.0 Å². The van der Waals surface area contributed by atoms with E-state index in [9.17, 15) is 18.0 Å². The van der Waals surface area contributed by atoms with Crippen LogP contribution in [0.3, 0.4) is 0 Å². The zero-order valence-electron chi connectivity index (χ0n) is 11.7. The third-order valence-corrected chi connectivity index (χ3v) is 4.83. The number of H-pyrrole nitrogens is 1. The first-order valence-corrected chi connectivity index (χ1v) is 7.28. The van der Waals surface area contributed by atoms with Crippen molar-refractivity contribution in [3.05, 3.63) is 22.1 Å². The second-order valence-electron chi connectivity index (χ2n) is 6.25. The second-order valence-corrected chi connectivity index (χ2v) is 6.25. The Morgan fingerprint density at radius 1 is 1.38 bits per heavy atom. The van der Waals surface area contributed by atoms with Crippen molar-refractivity contribution >= 4 is 5.95 Å². The van der Waals surface area contributed by atoms with Crippen molar-refractivity contribution in [3.8, 4) is 0 Å². The molecule has 2 saturated carbocycles. The van der Waals surface area contributed by atoms with Crippen molar-refractivity contribution in [3.63, 3.8) is 0 Å². The van der Waals surface area contributed by atoms with E-state index in [2.05, 4.69) is 15.3 Å². The van der Waals surface area contributed by atoms with Gasteiger partial charge in [0.2, 0.25) is 5.95 Å². The van der Waals surface area contributed by atoms with E-state index in [1.807, 2.05) is 6.92 Å². The zero-order chi connectivity index (χ0) is 15.2. The Bertz CT molecular complexity index is 584. The molecule has 2 N–H and O–H groups in total. The molecule has 7 heteroatoms. The molecule has 4 unspecified atom stereocenters. The maximum absolute atomic E-state index is 12.7. The topological polar surface area (TPSA) is 57.8 Å². The highest BCUT2D eigenvalue weighted by Crippen LogP contribution is 2.49. The molecule has 0 saturated heterocycles. The minimum atomic E-state index is -4.61. The van der Waals surface area contributed by atoms with Gasteiger partial charge in [-0.2, -0.15) is 13.2 Å². The molecule has 21 heavy (non-hydrogen) atoms. The Labute approximate surface area is 120 Å². The van der Waals surface area contributed by atoms with Gasteiger partial charge in [-0.3, -0.25) is 9.78 Å². The van der Waals surface area contributed by atoms with E-state index in [1.165, 1.54) is 19.3 Å². The van der Waals surface area contributed by atoms with Crippen LogP contribution in [0.5, 0.6) is 0 Å². The Kier molecular flexibility index (Phi) is 3.45. The number of anilines is 1. The molecular weight excluding hydrogens is 283 g/mol. The van der Waals surface area contributed by atoms with Gasteiger partial charge in [0.1, 0.15) is 0 Å². The number of aromatic amines is 1. The number of halogens is 3. The van der Waals surface area contributed by atoms with Crippen molar-refractivity contribution in [1.82, 2.24) is 9.97 Å². The van der Waals surface area contributed by atoms with Crippen LogP contribution in [-0.2, 0) is 6.18 Å². The lowest BCUT2D eigenvalue weighted by atomic mass is 9.84. The predicted molar refractivity (Wildman–Crippen MR) is 71.9 cm³/mol. The van der Waals surface area contributed by atoms with Gasteiger partial charge in [-0.15, -0.1) is 0 Å². The first kappa shape index (κ1) is 14.4. The number of hydrogen-bond acceptors (Lipinski definition) is 3. The van der Waals surface area contributed by atoms with Gasteiger partial charge in [-0.1, -0.05) is 6.42 Å². The summed E-state index contributed by atoms with van der Waals surface area (Å²) in [7, 11) is 0. The first-order chi connectivity index (χ1) is 9.83. The highest BCUT2D eigenvalue weighted by Gasteiger charge is 2.42. The summed E-state index contributed by atoms with van der Waals surface area (Å²) in [5.74, 6) is 1.77. The van der Waals surface area contributed by atoms with Crippen LogP contribution in [0.15, 0.2) is 10.9 Å². The third kappa shape index (κ3) is 2.91. The Morgan fingerprint density at radius 3 is 2.71 bits per heavy atom. The molecule has 2 fully saturated rings. The van der Waals surface area contributed by atoms with Crippen molar-refractivity contribution in [2.45, 2.75) is 44.8 Å². The number of fused-ring (bicyclic) bond motifs is 2. The molecule has 1 aromatic rings. The summed E-state index contributed by atoms with van der Waals surface area (Å²) in [5.41, 5.74) is -1.95. The maximum atomic E-state index is 12.7. The van der Waals surface area contributed by atoms with E-state index in [1.54, 1.807) is 0 Å². The van der Waals surface area contributed by atoms with Crippen LogP contribution in [0.4, 0.5) is 19.1 Å². The van der Waals surface area contributed by atoms with Gasteiger partial charge in [0.25, 0.3) is 5.56 Å². The van der Waals surface area contributed by atoms with E-state index in [0.717, 1.165) is 12.3 Å². The normalized spacial score (nSPS) is 29.6. The predicted octanol–water partition coefficient (Wildman–Crippen LogP) is 3.03. The summed E-state index contributed by atoms with van der Waals surface area (Å²) in [6.07, 6.45) is 0.200. The Hall–Kier alpha value is -1.53. The lowest BCUT2D eigenvalue weighted by Gasteiger charge is -2.28. The number of hydrogen-bond donors (Lipinski definition) is 2. The van der Waals surface area contributed by atoms with E-state index in [4.69, 9.17) is 0 Å². The molecular formula is C14H18F3N3O. The van der Waals surface area contributed by atoms with Gasteiger partial charge >= 0.3 is 6.18 Å². The van der Waals surface area contributed by atoms with Gasteiger partial charge in [0.15, 0.2) is 5.69 Å². The SMILES string of the molecule is CC(Nc1nc(C(F)(F)F)cc(=O)[nH]1)C1CC2CCC1C2. The lowest BCUT2D eigenvalue weighted by molar-refractivity contribution is -0.141. The van der Waals surface area contributed by atoms with Gasteiger partial charge in [0.05, 0.1) is 0 Å².